The standard InChI is InChI=1S/C12H19NO.HI/c1-5-12(13(2,3)4)10-7-6-8-11(14)9-10;/h6-9,12H,5H2,1-4H3;1H. The number of halogens is 1. The molecule has 1 N–H and O–H groups in total. The van der Waals surface area contributed by atoms with E-state index in [4.69, 9.17) is 0 Å². The molecule has 0 aliphatic heterocycles. The van der Waals surface area contributed by atoms with E-state index in [1.807, 2.05) is 12.1 Å². The second-order valence-corrected chi connectivity index (χ2v) is 4.64. The molecule has 1 rings (SSSR count). The fourth-order valence-corrected chi connectivity index (χ4v) is 1.96. The lowest BCUT2D eigenvalue weighted by molar-refractivity contribution is -0.902. The summed E-state index contributed by atoms with van der Waals surface area (Å²) in [6.07, 6.45) is 1.08. The van der Waals surface area contributed by atoms with Crippen LogP contribution in [0.15, 0.2) is 24.3 Å². The fraction of sp³-hybridized carbons (Fsp3) is 0.500. The molecule has 0 heterocycles. The first kappa shape index (κ1) is 14.7. The number of benzene rings is 1. The molecule has 0 aliphatic rings. The number of aromatic hydroxyl groups is 1. The Morgan fingerprint density at radius 1 is 1.27 bits per heavy atom. The molecule has 0 radical (unpaired) electrons. The summed E-state index contributed by atoms with van der Waals surface area (Å²) in [5.74, 6) is 0.356. The third-order valence-electron chi connectivity index (χ3n) is 2.58. The fourth-order valence-electron chi connectivity index (χ4n) is 1.96. The van der Waals surface area contributed by atoms with Crippen molar-refractivity contribution in [2.75, 3.05) is 21.1 Å². The minimum absolute atomic E-state index is 0. The van der Waals surface area contributed by atoms with Gasteiger partial charge in [0.1, 0.15) is 11.8 Å². The van der Waals surface area contributed by atoms with E-state index < -0.39 is 0 Å². The largest absolute Gasteiger partial charge is 1.00 e. The first-order valence-electron chi connectivity index (χ1n) is 5.05. The maximum atomic E-state index is 9.42. The number of phenolic OH excluding ortho intramolecular Hbond substituents is 1. The summed E-state index contributed by atoms with van der Waals surface area (Å²) in [4.78, 5) is 0. The van der Waals surface area contributed by atoms with Crippen LogP contribution >= 0.6 is 0 Å². The maximum Gasteiger partial charge on any atom is 0.116 e. The van der Waals surface area contributed by atoms with E-state index in [2.05, 4.69) is 34.1 Å². The van der Waals surface area contributed by atoms with Crippen LogP contribution < -0.4 is 24.0 Å². The predicted octanol–water partition coefficient (Wildman–Crippen LogP) is -0.446. The molecule has 0 bridgehead atoms. The number of rotatable bonds is 3. The van der Waals surface area contributed by atoms with Crippen molar-refractivity contribution in [2.24, 2.45) is 0 Å². The Morgan fingerprint density at radius 3 is 2.27 bits per heavy atom. The van der Waals surface area contributed by atoms with E-state index in [1.165, 1.54) is 5.56 Å². The second kappa shape index (κ2) is 5.70. The quantitative estimate of drug-likeness (QED) is 0.591. The molecule has 0 amide bonds. The van der Waals surface area contributed by atoms with Gasteiger partial charge in [0.2, 0.25) is 0 Å². The van der Waals surface area contributed by atoms with Crippen LogP contribution in [0.2, 0.25) is 0 Å². The van der Waals surface area contributed by atoms with Crippen LogP contribution in [0.4, 0.5) is 0 Å². The Hall–Kier alpha value is -0.290. The molecule has 0 aromatic heterocycles. The summed E-state index contributed by atoms with van der Waals surface area (Å²) < 4.78 is 0.889. The van der Waals surface area contributed by atoms with Crippen LogP contribution in [0.5, 0.6) is 5.75 Å². The van der Waals surface area contributed by atoms with E-state index >= 15 is 0 Å². The van der Waals surface area contributed by atoms with Gasteiger partial charge in [-0.05, 0) is 12.1 Å². The van der Waals surface area contributed by atoms with Crippen molar-refractivity contribution in [3.8, 4) is 5.75 Å². The number of quaternary nitrogens is 1. The van der Waals surface area contributed by atoms with Crippen molar-refractivity contribution in [1.29, 1.82) is 0 Å². The zero-order valence-corrected chi connectivity index (χ0v) is 12.0. The highest BCUT2D eigenvalue weighted by atomic mass is 127. The van der Waals surface area contributed by atoms with Crippen LogP contribution in [0.25, 0.3) is 0 Å². The van der Waals surface area contributed by atoms with E-state index in [0.717, 1.165) is 10.9 Å². The molecule has 2 nitrogen and oxygen atoms in total. The van der Waals surface area contributed by atoms with Gasteiger partial charge >= 0.3 is 0 Å². The van der Waals surface area contributed by atoms with Crippen LogP contribution in [-0.2, 0) is 0 Å². The van der Waals surface area contributed by atoms with Gasteiger partial charge in [-0.1, -0.05) is 19.1 Å². The average Bonchev–Trinajstić information content (AvgIpc) is 2.02. The van der Waals surface area contributed by atoms with Crippen molar-refractivity contribution < 1.29 is 33.6 Å². The molecule has 0 spiro atoms. The van der Waals surface area contributed by atoms with Gasteiger partial charge in [-0.25, -0.2) is 0 Å². The summed E-state index contributed by atoms with van der Waals surface area (Å²) in [5.41, 5.74) is 1.21. The SMILES string of the molecule is CCC(c1cccc(O)c1)[N+](C)(C)C.[I-]. The Morgan fingerprint density at radius 2 is 1.87 bits per heavy atom. The van der Waals surface area contributed by atoms with Crippen molar-refractivity contribution in [3.63, 3.8) is 0 Å². The lowest BCUT2D eigenvalue weighted by Gasteiger charge is -2.33. The van der Waals surface area contributed by atoms with E-state index in [1.54, 1.807) is 6.07 Å². The Balaban J connectivity index is 0.00000196. The topological polar surface area (TPSA) is 20.2 Å². The van der Waals surface area contributed by atoms with Crippen LogP contribution in [0.1, 0.15) is 24.9 Å². The molecule has 0 saturated carbocycles. The third kappa shape index (κ3) is 3.99. The molecule has 15 heavy (non-hydrogen) atoms. The van der Waals surface area contributed by atoms with Crippen molar-refractivity contribution in [2.45, 2.75) is 19.4 Å². The average molecular weight is 321 g/mol. The van der Waals surface area contributed by atoms with E-state index in [9.17, 15) is 5.11 Å². The molecule has 3 heteroatoms. The van der Waals surface area contributed by atoms with Crippen molar-refractivity contribution in [1.82, 2.24) is 0 Å². The lowest BCUT2D eigenvalue weighted by Crippen LogP contribution is -3.00. The third-order valence-corrected chi connectivity index (χ3v) is 2.58. The normalized spacial score (nSPS) is 13.1. The molecule has 0 aliphatic carbocycles. The van der Waals surface area contributed by atoms with Gasteiger partial charge in [0, 0.05) is 12.0 Å². The van der Waals surface area contributed by atoms with Gasteiger partial charge in [0.25, 0.3) is 0 Å². The van der Waals surface area contributed by atoms with Gasteiger partial charge in [-0.3, -0.25) is 0 Å². The summed E-state index contributed by atoms with van der Waals surface area (Å²) in [6, 6.07) is 8.01. The van der Waals surface area contributed by atoms with Gasteiger partial charge < -0.3 is 33.6 Å². The number of hydrogen-bond acceptors (Lipinski definition) is 1. The molecular formula is C12H20INO. The highest BCUT2D eigenvalue weighted by Crippen LogP contribution is 2.28. The number of hydrogen-bond donors (Lipinski definition) is 1. The van der Waals surface area contributed by atoms with E-state index in [0.29, 0.717) is 11.8 Å². The first-order chi connectivity index (χ1) is 6.45. The molecule has 86 valence electrons. The Bertz CT molecular complexity index is 307. The molecule has 1 atom stereocenters. The molecule has 1 aromatic carbocycles. The second-order valence-electron chi connectivity index (χ2n) is 4.64. The van der Waals surface area contributed by atoms with Crippen LogP contribution in [-0.4, -0.2) is 30.7 Å². The Labute approximate surface area is 110 Å². The highest BCUT2D eigenvalue weighted by molar-refractivity contribution is 5.28. The minimum atomic E-state index is 0. The van der Waals surface area contributed by atoms with Crippen molar-refractivity contribution in [3.05, 3.63) is 29.8 Å². The summed E-state index contributed by atoms with van der Waals surface area (Å²) >= 11 is 0. The lowest BCUT2D eigenvalue weighted by atomic mass is 10.0. The number of nitrogens with zero attached hydrogens (tertiary/aromatic N) is 1. The van der Waals surface area contributed by atoms with Crippen LogP contribution in [0.3, 0.4) is 0 Å². The first-order valence-corrected chi connectivity index (χ1v) is 5.05. The van der Waals surface area contributed by atoms with Crippen LogP contribution in [0, 0.1) is 0 Å². The molecule has 0 fully saturated rings. The zero-order valence-electron chi connectivity index (χ0n) is 9.87. The number of phenols is 1. The summed E-state index contributed by atoms with van der Waals surface area (Å²) in [5, 5.41) is 9.42. The highest BCUT2D eigenvalue weighted by Gasteiger charge is 2.23. The molecule has 1 unspecified atom stereocenters. The van der Waals surface area contributed by atoms with Gasteiger partial charge in [-0.15, -0.1) is 0 Å². The predicted molar refractivity (Wildman–Crippen MR) is 59.2 cm³/mol. The van der Waals surface area contributed by atoms with Gasteiger partial charge in [0.15, 0.2) is 0 Å². The van der Waals surface area contributed by atoms with Crippen molar-refractivity contribution >= 4 is 0 Å². The monoisotopic (exact) mass is 321 g/mol. The zero-order chi connectivity index (χ0) is 10.8. The minimum Gasteiger partial charge on any atom is -1.00 e. The smallest absolute Gasteiger partial charge is 0.116 e. The maximum absolute atomic E-state index is 9.42. The van der Waals surface area contributed by atoms with E-state index in [-0.39, 0.29) is 24.0 Å². The summed E-state index contributed by atoms with van der Waals surface area (Å²) in [6.45, 7) is 2.18. The van der Waals surface area contributed by atoms with Gasteiger partial charge in [0.05, 0.1) is 21.1 Å². The van der Waals surface area contributed by atoms with Gasteiger partial charge in [-0.2, -0.15) is 0 Å². The molecular weight excluding hydrogens is 301 g/mol. The Kier molecular flexibility index (Phi) is 5.59. The summed E-state index contributed by atoms with van der Waals surface area (Å²) in [7, 11) is 6.54. The molecule has 0 saturated heterocycles. The molecule has 1 aromatic rings.